The molecule has 2 aromatic carbocycles. The van der Waals surface area contributed by atoms with Crippen molar-refractivity contribution >= 4 is 38.8 Å². The minimum absolute atomic E-state index is 0.00481. The molecule has 0 aliphatic heterocycles. The highest BCUT2D eigenvalue weighted by Gasteiger charge is 2.07. The molecule has 0 aromatic heterocycles. The topological polar surface area (TPSA) is 101 Å². The Morgan fingerprint density at radius 1 is 1.08 bits per heavy atom. The fourth-order valence-corrected chi connectivity index (χ4v) is 2.65. The Labute approximate surface area is 146 Å². The van der Waals surface area contributed by atoms with Gasteiger partial charge in [0.15, 0.2) is 10.9 Å². The lowest BCUT2D eigenvalue weighted by Gasteiger charge is -2.11. The van der Waals surface area contributed by atoms with Gasteiger partial charge in [0.2, 0.25) is 10.0 Å². The lowest BCUT2D eigenvalue weighted by molar-refractivity contribution is 0.101. The number of benzene rings is 2. The lowest BCUT2D eigenvalue weighted by Crippen LogP contribution is -2.27. The SMILES string of the molecule is CC(=O)c1ccc(NC(=S)NCc2ccc(S(N)(=O)=O)cc2)cc1. The molecule has 0 fully saturated rings. The van der Waals surface area contributed by atoms with E-state index < -0.39 is 10.0 Å². The summed E-state index contributed by atoms with van der Waals surface area (Å²) in [4.78, 5) is 11.3. The lowest BCUT2D eigenvalue weighted by atomic mass is 10.1. The third kappa shape index (κ3) is 5.12. The molecule has 0 heterocycles. The third-order valence-electron chi connectivity index (χ3n) is 3.25. The zero-order valence-corrected chi connectivity index (χ0v) is 14.6. The summed E-state index contributed by atoms with van der Waals surface area (Å²) in [6.45, 7) is 1.94. The van der Waals surface area contributed by atoms with Crippen LogP contribution in [0.25, 0.3) is 0 Å². The van der Waals surface area contributed by atoms with Crippen LogP contribution < -0.4 is 15.8 Å². The molecule has 0 aliphatic rings. The van der Waals surface area contributed by atoms with E-state index in [0.717, 1.165) is 11.3 Å². The number of carbonyl (C=O) groups excluding carboxylic acids is 1. The zero-order valence-electron chi connectivity index (χ0n) is 12.9. The summed E-state index contributed by atoms with van der Waals surface area (Å²) in [6.07, 6.45) is 0. The number of hydrogen-bond acceptors (Lipinski definition) is 4. The predicted octanol–water partition coefficient (Wildman–Crippen LogP) is 2.02. The quantitative estimate of drug-likeness (QED) is 0.555. The van der Waals surface area contributed by atoms with Crippen LogP contribution in [0.1, 0.15) is 22.8 Å². The minimum atomic E-state index is -3.68. The Hall–Kier alpha value is -2.29. The number of hydrogen-bond donors (Lipinski definition) is 3. The van der Waals surface area contributed by atoms with E-state index in [9.17, 15) is 13.2 Å². The summed E-state index contributed by atoms with van der Waals surface area (Å²) in [6, 6.07) is 13.2. The van der Waals surface area contributed by atoms with E-state index in [1.807, 2.05) is 0 Å². The van der Waals surface area contributed by atoms with E-state index in [1.54, 1.807) is 36.4 Å². The van der Waals surface area contributed by atoms with Crippen molar-refractivity contribution in [2.45, 2.75) is 18.4 Å². The van der Waals surface area contributed by atoms with Crippen LogP contribution in [-0.2, 0) is 16.6 Å². The van der Waals surface area contributed by atoms with Crippen LogP contribution in [0.5, 0.6) is 0 Å². The first-order valence-electron chi connectivity index (χ1n) is 7.03. The van der Waals surface area contributed by atoms with Gasteiger partial charge in [-0.05, 0) is 61.1 Å². The van der Waals surface area contributed by atoms with Gasteiger partial charge in [0.05, 0.1) is 4.90 Å². The molecule has 0 radical (unpaired) electrons. The van der Waals surface area contributed by atoms with Crippen LogP contribution in [0.3, 0.4) is 0 Å². The Morgan fingerprint density at radius 3 is 2.17 bits per heavy atom. The maximum absolute atomic E-state index is 11.2. The van der Waals surface area contributed by atoms with Crippen molar-refractivity contribution in [1.29, 1.82) is 0 Å². The van der Waals surface area contributed by atoms with Crippen molar-refractivity contribution in [2.24, 2.45) is 5.14 Å². The van der Waals surface area contributed by atoms with Gasteiger partial charge in [0, 0.05) is 17.8 Å². The van der Waals surface area contributed by atoms with Gasteiger partial charge >= 0.3 is 0 Å². The molecular weight excluding hydrogens is 346 g/mol. The number of sulfonamides is 1. The Bertz CT molecular complexity index is 845. The van der Waals surface area contributed by atoms with Gasteiger partial charge in [0.1, 0.15) is 0 Å². The maximum atomic E-state index is 11.2. The molecule has 0 unspecified atom stereocenters. The van der Waals surface area contributed by atoms with E-state index in [2.05, 4.69) is 10.6 Å². The fraction of sp³-hybridized carbons (Fsp3) is 0.125. The second-order valence-electron chi connectivity index (χ2n) is 5.13. The van der Waals surface area contributed by atoms with Crippen LogP contribution in [0.2, 0.25) is 0 Å². The van der Waals surface area contributed by atoms with Crippen molar-refractivity contribution in [3.8, 4) is 0 Å². The normalized spacial score (nSPS) is 10.9. The fourth-order valence-electron chi connectivity index (χ4n) is 1.94. The average molecular weight is 363 g/mol. The Balaban J connectivity index is 1.90. The molecular formula is C16H17N3O3S2. The maximum Gasteiger partial charge on any atom is 0.238 e. The van der Waals surface area contributed by atoms with Gasteiger partial charge in [-0.25, -0.2) is 13.6 Å². The molecule has 0 bridgehead atoms. The highest BCUT2D eigenvalue weighted by Crippen LogP contribution is 2.11. The molecule has 24 heavy (non-hydrogen) atoms. The molecule has 4 N–H and O–H groups in total. The number of ketones is 1. The number of Topliss-reactive ketones (excluding diaryl/α,β-unsaturated/α-hetero) is 1. The van der Waals surface area contributed by atoms with Crippen molar-refractivity contribution in [1.82, 2.24) is 5.32 Å². The van der Waals surface area contributed by atoms with Gasteiger partial charge in [-0.3, -0.25) is 4.79 Å². The number of primary sulfonamides is 1. The number of rotatable bonds is 5. The van der Waals surface area contributed by atoms with Crippen molar-refractivity contribution in [3.63, 3.8) is 0 Å². The highest BCUT2D eigenvalue weighted by molar-refractivity contribution is 7.89. The molecule has 8 heteroatoms. The van der Waals surface area contributed by atoms with Gasteiger partial charge in [-0.2, -0.15) is 0 Å². The highest BCUT2D eigenvalue weighted by atomic mass is 32.2. The van der Waals surface area contributed by atoms with Gasteiger partial charge in [0.25, 0.3) is 0 Å². The summed E-state index contributed by atoms with van der Waals surface area (Å²) in [5.74, 6) is 0.00481. The summed E-state index contributed by atoms with van der Waals surface area (Å²) < 4.78 is 22.4. The molecule has 0 saturated heterocycles. The number of nitrogens with one attached hydrogen (secondary N) is 2. The van der Waals surface area contributed by atoms with E-state index in [0.29, 0.717) is 17.2 Å². The summed E-state index contributed by atoms with van der Waals surface area (Å²) in [7, 11) is -3.68. The van der Waals surface area contributed by atoms with Gasteiger partial charge < -0.3 is 10.6 Å². The van der Waals surface area contributed by atoms with Gasteiger partial charge in [-0.15, -0.1) is 0 Å². The summed E-state index contributed by atoms with van der Waals surface area (Å²) >= 11 is 5.20. The monoisotopic (exact) mass is 363 g/mol. The first-order valence-corrected chi connectivity index (χ1v) is 8.99. The number of nitrogens with two attached hydrogens (primary N) is 1. The van der Waals surface area contributed by atoms with Crippen LogP contribution in [0, 0.1) is 0 Å². The zero-order chi connectivity index (χ0) is 17.7. The molecule has 0 spiro atoms. The van der Waals surface area contributed by atoms with Crippen molar-refractivity contribution in [2.75, 3.05) is 5.32 Å². The minimum Gasteiger partial charge on any atom is -0.358 e. The standard InChI is InChI=1S/C16H17N3O3S2/c1-11(20)13-4-6-14(7-5-13)19-16(23)18-10-12-2-8-15(9-3-12)24(17,21)22/h2-9H,10H2,1H3,(H2,17,21,22)(H2,18,19,23). The second-order valence-corrected chi connectivity index (χ2v) is 7.10. The van der Waals surface area contributed by atoms with E-state index in [4.69, 9.17) is 17.4 Å². The second kappa shape index (κ2) is 7.52. The molecule has 0 amide bonds. The predicted molar refractivity (Wildman–Crippen MR) is 97.3 cm³/mol. The van der Waals surface area contributed by atoms with Crippen LogP contribution >= 0.6 is 12.2 Å². The van der Waals surface area contributed by atoms with Crippen LogP contribution in [0.15, 0.2) is 53.4 Å². The summed E-state index contributed by atoms with van der Waals surface area (Å²) in [5, 5.41) is 11.5. The first-order chi connectivity index (χ1) is 11.3. The van der Waals surface area contributed by atoms with E-state index in [1.165, 1.54) is 19.1 Å². The smallest absolute Gasteiger partial charge is 0.238 e. The average Bonchev–Trinajstić information content (AvgIpc) is 2.53. The largest absolute Gasteiger partial charge is 0.358 e. The summed E-state index contributed by atoms with van der Waals surface area (Å²) in [5.41, 5.74) is 2.26. The first kappa shape index (κ1) is 18.1. The molecule has 2 aromatic rings. The number of thiocarbonyl (C=S) groups is 1. The van der Waals surface area contributed by atoms with Crippen LogP contribution in [-0.4, -0.2) is 19.3 Å². The molecule has 0 saturated carbocycles. The van der Waals surface area contributed by atoms with Crippen molar-refractivity contribution in [3.05, 3.63) is 59.7 Å². The molecule has 126 valence electrons. The Kier molecular flexibility index (Phi) is 5.66. The number of carbonyl (C=O) groups is 1. The van der Waals surface area contributed by atoms with E-state index >= 15 is 0 Å². The third-order valence-corrected chi connectivity index (χ3v) is 4.43. The van der Waals surface area contributed by atoms with Crippen LogP contribution in [0.4, 0.5) is 5.69 Å². The Morgan fingerprint density at radius 2 is 1.67 bits per heavy atom. The van der Waals surface area contributed by atoms with Crippen molar-refractivity contribution < 1.29 is 13.2 Å². The molecule has 2 rings (SSSR count). The molecule has 6 nitrogen and oxygen atoms in total. The van der Waals surface area contributed by atoms with Gasteiger partial charge in [-0.1, -0.05) is 12.1 Å². The van der Waals surface area contributed by atoms with E-state index in [-0.39, 0.29) is 10.7 Å². The molecule has 0 aliphatic carbocycles. The molecule has 0 atom stereocenters. The number of anilines is 1.